The van der Waals surface area contributed by atoms with Gasteiger partial charge in [-0.3, -0.25) is 4.90 Å². The third-order valence-corrected chi connectivity index (χ3v) is 7.77. The lowest BCUT2D eigenvalue weighted by molar-refractivity contribution is 0.238. The van der Waals surface area contributed by atoms with E-state index in [-0.39, 0.29) is 0 Å². The molecule has 0 amide bonds. The molecule has 0 aromatic heterocycles. The van der Waals surface area contributed by atoms with Gasteiger partial charge in [-0.25, -0.2) is 0 Å². The van der Waals surface area contributed by atoms with Crippen LogP contribution in [-0.4, -0.2) is 47.9 Å². The molecule has 5 heteroatoms. The summed E-state index contributed by atoms with van der Waals surface area (Å²) in [5.74, 6) is 1.96. The van der Waals surface area contributed by atoms with Crippen LogP contribution < -0.4 is 9.64 Å². The molecule has 1 aliphatic carbocycles. The van der Waals surface area contributed by atoms with E-state index in [1.807, 2.05) is 18.2 Å². The predicted octanol–water partition coefficient (Wildman–Crippen LogP) is 5.87. The molecule has 2 N–H and O–H groups in total. The molecule has 1 heterocycles. The van der Waals surface area contributed by atoms with Gasteiger partial charge in [-0.05, 0) is 111 Å². The van der Waals surface area contributed by atoms with Crippen molar-refractivity contribution >= 4 is 5.69 Å². The lowest BCUT2D eigenvalue weighted by Crippen LogP contribution is -2.25. The topological polar surface area (TPSA) is 56.2 Å². The Labute approximate surface area is 214 Å². The summed E-state index contributed by atoms with van der Waals surface area (Å²) in [7, 11) is 0. The van der Waals surface area contributed by atoms with Crippen LogP contribution in [0.4, 0.5) is 5.69 Å². The number of rotatable bonds is 9. The van der Waals surface area contributed by atoms with Gasteiger partial charge >= 0.3 is 0 Å². The number of nitrogens with zero attached hydrogens (tertiary/aromatic N) is 2. The van der Waals surface area contributed by atoms with Crippen LogP contribution in [0.2, 0.25) is 0 Å². The Morgan fingerprint density at radius 1 is 0.917 bits per heavy atom. The second-order valence-corrected chi connectivity index (χ2v) is 10.2. The van der Waals surface area contributed by atoms with Crippen molar-refractivity contribution in [1.29, 1.82) is 0 Å². The summed E-state index contributed by atoms with van der Waals surface area (Å²) in [6.45, 7) is 7.92. The predicted molar refractivity (Wildman–Crippen MR) is 145 cm³/mol. The van der Waals surface area contributed by atoms with Crippen LogP contribution in [0.5, 0.6) is 17.2 Å². The first kappa shape index (κ1) is 24.5. The summed E-state index contributed by atoms with van der Waals surface area (Å²) >= 11 is 0. The van der Waals surface area contributed by atoms with Gasteiger partial charge < -0.3 is 19.8 Å². The highest BCUT2D eigenvalue weighted by Crippen LogP contribution is 2.40. The number of ether oxygens (including phenoxy) is 1. The molecule has 3 aromatic carbocycles. The molecule has 36 heavy (non-hydrogen) atoms. The van der Waals surface area contributed by atoms with Crippen LogP contribution in [0.3, 0.4) is 0 Å². The number of likely N-dealkylation sites (tertiary alicyclic amines) is 1. The van der Waals surface area contributed by atoms with Crippen molar-refractivity contribution in [3.63, 3.8) is 0 Å². The number of fused-ring (bicyclic) bond motifs is 1. The molecule has 5 nitrogen and oxygen atoms in total. The molecule has 0 spiro atoms. The van der Waals surface area contributed by atoms with Crippen molar-refractivity contribution in [3.8, 4) is 17.2 Å². The number of anilines is 1. The standard InChI is InChI=1S/C31H38N2O3/c1-2-33(22-23-5-12-29(13-6-23)36-18-17-32-15-3-4-16-32)31-21-28(35)11-14-30(31)26-8-7-25-20-27(34)10-9-24(25)19-26/h5-6,9-14,20-21,26,34-35H,2-4,7-8,15-19,22H2,1H3. The van der Waals surface area contributed by atoms with Crippen LogP contribution in [-0.2, 0) is 19.4 Å². The van der Waals surface area contributed by atoms with Gasteiger partial charge in [0.2, 0.25) is 0 Å². The lowest BCUT2D eigenvalue weighted by Gasteiger charge is -2.31. The second-order valence-electron chi connectivity index (χ2n) is 10.2. The van der Waals surface area contributed by atoms with Gasteiger partial charge in [-0.1, -0.05) is 24.3 Å². The minimum absolute atomic E-state index is 0.301. The highest BCUT2D eigenvalue weighted by molar-refractivity contribution is 5.59. The Morgan fingerprint density at radius 3 is 2.44 bits per heavy atom. The number of phenols is 2. The third kappa shape index (κ3) is 5.79. The molecule has 3 aromatic rings. The van der Waals surface area contributed by atoms with Crippen LogP contribution in [0.15, 0.2) is 60.7 Å². The van der Waals surface area contributed by atoms with Gasteiger partial charge in [0, 0.05) is 31.4 Å². The van der Waals surface area contributed by atoms with E-state index >= 15 is 0 Å². The zero-order valence-electron chi connectivity index (χ0n) is 21.3. The van der Waals surface area contributed by atoms with Crippen LogP contribution in [0.25, 0.3) is 0 Å². The highest BCUT2D eigenvalue weighted by Gasteiger charge is 2.24. The van der Waals surface area contributed by atoms with Gasteiger partial charge in [0.25, 0.3) is 0 Å². The van der Waals surface area contributed by atoms with Crippen molar-refractivity contribution in [2.24, 2.45) is 0 Å². The van der Waals surface area contributed by atoms with E-state index in [1.165, 1.54) is 48.2 Å². The number of hydrogen-bond donors (Lipinski definition) is 2. The number of aryl methyl sites for hydroxylation is 1. The van der Waals surface area contributed by atoms with E-state index in [0.29, 0.717) is 17.4 Å². The van der Waals surface area contributed by atoms with Crippen molar-refractivity contribution in [2.75, 3.05) is 37.7 Å². The molecule has 1 unspecified atom stereocenters. The van der Waals surface area contributed by atoms with E-state index in [9.17, 15) is 10.2 Å². The summed E-state index contributed by atoms with van der Waals surface area (Å²) in [6.07, 6.45) is 5.56. The van der Waals surface area contributed by atoms with Crippen LogP contribution in [0, 0.1) is 0 Å². The molecule has 0 radical (unpaired) electrons. The molecule has 2 aliphatic rings. The maximum atomic E-state index is 10.4. The first-order chi connectivity index (χ1) is 17.6. The molecule has 1 fully saturated rings. The number of aromatic hydroxyl groups is 2. The Hall–Kier alpha value is -3.18. The first-order valence-electron chi connectivity index (χ1n) is 13.4. The van der Waals surface area contributed by atoms with E-state index in [2.05, 4.69) is 53.1 Å². The Bertz CT molecular complexity index is 1150. The second kappa shape index (κ2) is 11.3. The molecule has 190 valence electrons. The van der Waals surface area contributed by atoms with Gasteiger partial charge in [0.1, 0.15) is 23.9 Å². The van der Waals surface area contributed by atoms with Crippen LogP contribution in [0.1, 0.15) is 54.4 Å². The molecule has 1 saturated heterocycles. The quantitative estimate of drug-likeness (QED) is 0.396. The number of benzene rings is 3. The Kier molecular flexibility index (Phi) is 7.66. The average molecular weight is 487 g/mol. The molecule has 0 saturated carbocycles. The zero-order chi connectivity index (χ0) is 24.9. The van der Waals surface area contributed by atoms with Crippen molar-refractivity contribution in [1.82, 2.24) is 4.90 Å². The van der Waals surface area contributed by atoms with Crippen molar-refractivity contribution in [2.45, 2.75) is 51.5 Å². The fraction of sp³-hybridized carbons (Fsp3) is 0.419. The Balaban J connectivity index is 1.27. The molecular formula is C31H38N2O3. The van der Waals surface area contributed by atoms with E-state index in [1.54, 1.807) is 6.07 Å². The summed E-state index contributed by atoms with van der Waals surface area (Å²) in [4.78, 5) is 4.82. The summed E-state index contributed by atoms with van der Waals surface area (Å²) in [5.41, 5.74) is 6.18. The molecule has 5 rings (SSSR count). The molecule has 0 bridgehead atoms. The largest absolute Gasteiger partial charge is 0.508 e. The summed E-state index contributed by atoms with van der Waals surface area (Å²) < 4.78 is 5.99. The minimum Gasteiger partial charge on any atom is -0.508 e. The molecular weight excluding hydrogens is 448 g/mol. The number of phenolic OH excluding ortho intramolecular Hbond substituents is 2. The maximum absolute atomic E-state index is 10.4. The first-order valence-corrected chi connectivity index (χ1v) is 13.4. The smallest absolute Gasteiger partial charge is 0.119 e. The highest BCUT2D eigenvalue weighted by atomic mass is 16.5. The van der Waals surface area contributed by atoms with Gasteiger partial charge in [0.05, 0.1) is 0 Å². The van der Waals surface area contributed by atoms with Crippen molar-refractivity contribution < 1.29 is 14.9 Å². The Morgan fingerprint density at radius 2 is 1.67 bits per heavy atom. The fourth-order valence-electron chi connectivity index (χ4n) is 5.74. The SMILES string of the molecule is CCN(Cc1ccc(OCCN2CCCC2)cc1)c1cc(O)ccc1C1CCc2cc(O)ccc2C1. The van der Waals surface area contributed by atoms with Crippen LogP contribution >= 0.6 is 0 Å². The van der Waals surface area contributed by atoms with E-state index in [0.717, 1.165) is 56.9 Å². The summed E-state index contributed by atoms with van der Waals surface area (Å²) in [5, 5.41) is 20.2. The monoisotopic (exact) mass is 486 g/mol. The van der Waals surface area contributed by atoms with E-state index in [4.69, 9.17) is 4.74 Å². The molecule has 1 aliphatic heterocycles. The van der Waals surface area contributed by atoms with Gasteiger partial charge in [0.15, 0.2) is 0 Å². The maximum Gasteiger partial charge on any atom is 0.119 e. The average Bonchev–Trinajstić information content (AvgIpc) is 3.41. The molecule has 1 atom stereocenters. The van der Waals surface area contributed by atoms with Gasteiger partial charge in [-0.2, -0.15) is 0 Å². The zero-order valence-corrected chi connectivity index (χ0v) is 21.3. The van der Waals surface area contributed by atoms with E-state index < -0.39 is 0 Å². The van der Waals surface area contributed by atoms with Gasteiger partial charge in [-0.15, -0.1) is 0 Å². The normalized spacial score (nSPS) is 17.6. The summed E-state index contributed by atoms with van der Waals surface area (Å²) in [6, 6.07) is 20.0. The van der Waals surface area contributed by atoms with Crippen molar-refractivity contribution in [3.05, 3.63) is 82.9 Å². The lowest BCUT2D eigenvalue weighted by atomic mass is 9.79. The minimum atomic E-state index is 0.301. The fourth-order valence-corrected chi connectivity index (χ4v) is 5.74. The third-order valence-electron chi connectivity index (χ3n) is 7.77. The number of hydrogen-bond acceptors (Lipinski definition) is 5.